The number of rotatable bonds is 9. The summed E-state index contributed by atoms with van der Waals surface area (Å²) in [5.41, 5.74) is 7.51. The number of ketones is 1. The molecule has 0 spiro atoms. The van der Waals surface area contributed by atoms with Crippen LogP contribution in [0.3, 0.4) is 0 Å². The molecule has 1 aliphatic heterocycles. The fourth-order valence-electron chi connectivity index (χ4n) is 3.83. The van der Waals surface area contributed by atoms with Gasteiger partial charge in [0.1, 0.15) is 12.1 Å². The first kappa shape index (κ1) is 24.4. The van der Waals surface area contributed by atoms with Gasteiger partial charge in [0.05, 0.1) is 0 Å². The van der Waals surface area contributed by atoms with Gasteiger partial charge in [-0.15, -0.1) is 0 Å². The van der Waals surface area contributed by atoms with E-state index in [4.69, 9.17) is 11.1 Å². The summed E-state index contributed by atoms with van der Waals surface area (Å²) in [6.07, 6.45) is 0.135. The van der Waals surface area contributed by atoms with Crippen molar-refractivity contribution in [2.75, 3.05) is 6.54 Å². The lowest BCUT2D eigenvalue weighted by Crippen LogP contribution is -2.57. The summed E-state index contributed by atoms with van der Waals surface area (Å²) in [6.45, 7) is -0.102. The molecule has 1 heterocycles. The van der Waals surface area contributed by atoms with E-state index in [1.54, 1.807) is 30.3 Å². The van der Waals surface area contributed by atoms with Gasteiger partial charge >= 0.3 is 5.97 Å². The summed E-state index contributed by atoms with van der Waals surface area (Å²) in [5, 5.41) is 21.5. The number of benzene rings is 2. The van der Waals surface area contributed by atoms with Crippen LogP contribution in [0.15, 0.2) is 54.6 Å². The molecule has 0 radical (unpaired) electrons. The van der Waals surface area contributed by atoms with Gasteiger partial charge in [0.25, 0.3) is 0 Å². The van der Waals surface area contributed by atoms with Crippen LogP contribution in [0.5, 0.6) is 0 Å². The van der Waals surface area contributed by atoms with Crippen LogP contribution in [0.2, 0.25) is 0 Å². The summed E-state index contributed by atoms with van der Waals surface area (Å²) in [6, 6.07) is 13.8. The fourth-order valence-corrected chi connectivity index (χ4v) is 3.83. The molecule has 0 aliphatic carbocycles. The van der Waals surface area contributed by atoms with Gasteiger partial charge in [-0.3, -0.25) is 19.8 Å². The van der Waals surface area contributed by atoms with E-state index in [0.29, 0.717) is 5.56 Å². The van der Waals surface area contributed by atoms with Crippen molar-refractivity contribution in [2.45, 2.75) is 37.9 Å². The quantitative estimate of drug-likeness (QED) is 0.206. The van der Waals surface area contributed by atoms with Crippen molar-refractivity contribution in [3.63, 3.8) is 0 Å². The third-order valence-electron chi connectivity index (χ3n) is 5.64. The summed E-state index contributed by atoms with van der Waals surface area (Å²) in [7, 11) is 0. The van der Waals surface area contributed by atoms with Crippen molar-refractivity contribution in [1.82, 2.24) is 15.5 Å². The molecule has 6 N–H and O–H groups in total. The Labute approximate surface area is 196 Å². The molecule has 2 unspecified atom stereocenters. The number of carbonyl (C=O) groups is 4. The number of nitrogens with one attached hydrogen (secondary N) is 3. The van der Waals surface area contributed by atoms with E-state index in [1.807, 2.05) is 24.3 Å². The highest BCUT2D eigenvalue weighted by atomic mass is 16.4. The van der Waals surface area contributed by atoms with E-state index in [9.17, 15) is 24.3 Å². The first-order valence-corrected chi connectivity index (χ1v) is 10.8. The number of amides is 2. The Hall–Kier alpha value is -4.21. The van der Waals surface area contributed by atoms with Crippen LogP contribution in [0.1, 0.15) is 34.3 Å². The van der Waals surface area contributed by atoms with Crippen molar-refractivity contribution < 1.29 is 24.3 Å². The largest absolute Gasteiger partial charge is 0.480 e. The normalized spacial score (nSPS) is 15.5. The van der Waals surface area contributed by atoms with Crippen LogP contribution in [0.25, 0.3) is 0 Å². The lowest BCUT2D eigenvalue weighted by atomic mass is 9.92. The summed E-state index contributed by atoms with van der Waals surface area (Å²) < 4.78 is 0. The van der Waals surface area contributed by atoms with Gasteiger partial charge in [-0.2, -0.15) is 0 Å². The monoisotopic (exact) mass is 465 g/mol. The molecule has 2 aromatic rings. The Balaban J connectivity index is 1.75. The number of hydrogen-bond donors (Lipinski definition) is 5. The minimum atomic E-state index is -1.34. The maximum absolute atomic E-state index is 13.1. The number of Topliss-reactive ketones (excluding diaryl/α,β-unsaturated/α-hetero) is 1. The molecule has 34 heavy (non-hydrogen) atoms. The number of nitrogens with zero attached hydrogens (tertiary/aromatic N) is 1. The highest BCUT2D eigenvalue weighted by Gasteiger charge is 2.36. The lowest BCUT2D eigenvalue weighted by Gasteiger charge is -2.36. The second-order valence-corrected chi connectivity index (χ2v) is 7.99. The smallest absolute Gasteiger partial charge is 0.328 e. The Morgan fingerprint density at radius 3 is 2.32 bits per heavy atom. The van der Waals surface area contributed by atoms with Gasteiger partial charge < -0.3 is 26.4 Å². The van der Waals surface area contributed by atoms with E-state index in [2.05, 4.69) is 10.6 Å². The van der Waals surface area contributed by atoms with Gasteiger partial charge in [-0.1, -0.05) is 54.6 Å². The number of carbonyl (C=O) groups excluding carboxylic acids is 3. The summed E-state index contributed by atoms with van der Waals surface area (Å²) >= 11 is 0. The second kappa shape index (κ2) is 11.1. The molecule has 0 aromatic heterocycles. The van der Waals surface area contributed by atoms with Crippen molar-refractivity contribution in [3.05, 3.63) is 71.3 Å². The molecule has 2 amide bonds. The molecule has 178 valence electrons. The number of aliphatic carboxylic acids is 1. The van der Waals surface area contributed by atoms with Crippen molar-refractivity contribution in [3.8, 4) is 0 Å². The topological polar surface area (TPSA) is 166 Å². The molecule has 3 rings (SSSR count). The maximum atomic E-state index is 13.1. The van der Waals surface area contributed by atoms with Crippen LogP contribution >= 0.6 is 0 Å². The van der Waals surface area contributed by atoms with E-state index >= 15 is 0 Å². The van der Waals surface area contributed by atoms with Gasteiger partial charge in [-0.05, 0) is 11.1 Å². The molecule has 0 saturated carbocycles. The second-order valence-electron chi connectivity index (χ2n) is 7.99. The van der Waals surface area contributed by atoms with Crippen LogP contribution in [-0.2, 0) is 27.3 Å². The number of carboxylic acids is 1. The predicted octanol–water partition coefficient (Wildman–Crippen LogP) is 0.655. The van der Waals surface area contributed by atoms with Crippen LogP contribution in [-0.4, -0.2) is 58.2 Å². The van der Waals surface area contributed by atoms with Gasteiger partial charge in [0.2, 0.25) is 11.8 Å². The minimum absolute atomic E-state index is 0.00435. The number of guanidine groups is 1. The number of fused-ring (bicyclic) bond motifs is 1. The molecular weight excluding hydrogens is 438 g/mol. The minimum Gasteiger partial charge on any atom is -0.480 e. The SMILES string of the molecule is N=C(N)NCC(NC(=O)C1Cc2ccccc2CN1C(=O)CCC(=O)c1ccccc1)C(=O)O. The molecular formula is C24H27N5O5. The molecule has 2 aromatic carbocycles. The Kier molecular flexibility index (Phi) is 7.96. The van der Waals surface area contributed by atoms with Crippen LogP contribution in [0.4, 0.5) is 0 Å². The number of carboxylic acid groups (broad SMARTS) is 1. The number of nitrogens with two attached hydrogens (primary N) is 1. The van der Waals surface area contributed by atoms with E-state index in [1.165, 1.54) is 4.90 Å². The summed E-state index contributed by atoms with van der Waals surface area (Å²) in [5.74, 6) is -2.90. The Morgan fingerprint density at radius 2 is 1.68 bits per heavy atom. The van der Waals surface area contributed by atoms with Crippen molar-refractivity contribution in [1.29, 1.82) is 5.41 Å². The number of hydrogen-bond acceptors (Lipinski definition) is 5. The highest BCUT2D eigenvalue weighted by Crippen LogP contribution is 2.25. The maximum Gasteiger partial charge on any atom is 0.328 e. The first-order valence-electron chi connectivity index (χ1n) is 10.8. The van der Waals surface area contributed by atoms with Gasteiger partial charge in [-0.25, -0.2) is 4.79 Å². The molecule has 0 bridgehead atoms. The Morgan fingerprint density at radius 1 is 1.03 bits per heavy atom. The molecule has 1 aliphatic rings. The van der Waals surface area contributed by atoms with Crippen molar-refractivity contribution in [2.24, 2.45) is 5.73 Å². The van der Waals surface area contributed by atoms with E-state index in [0.717, 1.165) is 11.1 Å². The molecule has 10 nitrogen and oxygen atoms in total. The Bertz CT molecular complexity index is 1090. The average Bonchev–Trinajstić information content (AvgIpc) is 2.84. The highest BCUT2D eigenvalue weighted by molar-refractivity contribution is 5.98. The molecule has 0 fully saturated rings. The third kappa shape index (κ3) is 6.18. The fraction of sp³-hybridized carbons (Fsp3) is 0.292. The summed E-state index contributed by atoms with van der Waals surface area (Å²) in [4.78, 5) is 51.6. The molecule has 0 saturated heterocycles. The van der Waals surface area contributed by atoms with Gasteiger partial charge in [0.15, 0.2) is 11.7 Å². The molecule has 2 atom stereocenters. The zero-order chi connectivity index (χ0) is 24.7. The lowest BCUT2D eigenvalue weighted by molar-refractivity contribution is -0.145. The van der Waals surface area contributed by atoms with E-state index < -0.39 is 29.9 Å². The van der Waals surface area contributed by atoms with Crippen molar-refractivity contribution >= 4 is 29.5 Å². The third-order valence-corrected chi connectivity index (χ3v) is 5.64. The first-order chi connectivity index (χ1) is 16.3. The zero-order valence-electron chi connectivity index (χ0n) is 18.5. The van der Waals surface area contributed by atoms with Crippen LogP contribution in [0, 0.1) is 5.41 Å². The predicted molar refractivity (Wildman–Crippen MR) is 124 cm³/mol. The zero-order valence-corrected chi connectivity index (χ0v) is 18.5. The average molecular weight is 466 g/mol. The standard InChI is InChI=1S/C24H27N5O5/c25-24(26)27-13-18(23(33)34)28-22(32)19-12-16-8-4-5-9-17(16)14-29(19)21(31)11-10-20(30)15-6-2-1-3-7-15/h1-9,18-19H,10-14H2,(H,28,32)(H,33,34)(H4,25,26,27). The molecule has 10 heteroatoms. The van der Waals surface area contributed by atoms with Crippen LogP contribution < -0.4 is 16.4 Å². The van der Waals surface area contributed by atoms with Gasteiger partial charge in [0, 0.05) is 37.9 Å². The van der Waals surface area contributed by atoms with E-state index in [-0.39, 0.29) is 44.0 Å².